The van der Waals surface area contributed by atoms with Gasteiger partial charge in [0.05, 0.1) is 23.3 Å². The molecule has 2 N–H and O–H groups in total. The normalized spacial score (nSPS) is 17.0. The summed E-state index contributed by atoms with van der Waals surface area (Å²) in [7, 11) is 3.08. The molecule has 0 bridgehead atoms. The highest BCUT2D eigenvalue weighted by atomic mass is 32.2. The van der Waals surface area contributed by atoms with E-state index in [1.807, 2.05) is 0 Å². The summed E-state index contributed by atoms with van der Waals surface area (Å²) in [5.41, 5.74) is 1.43. The molecule has 2 aromatic carbocycles. The topological polar surface area (TPSA) is 99.4 Å². The molecule has 2 aromatic rings. The van der Waals surface area contributed by atoms with Gasteiger partial charge in [0.1, 0.15) is 0 Å². The van der Waals surface area contributed by atoms with E-state index in [4.69, 9.17) is 9.84 Å². The van der Waals surface area contributed by atoms with Crippen LogP contribution in [0.1, 0.15) is 15.9 Å². The molecule has 1 fully saturated rings. The molecular formula is C19H16N2O5S. The molecule has 1 aliphatic rings. The number of methoxy groups -OCH3 is 1. The second-order valence-electron chi connectivity index (χ2n) is 5.65. The Morgan fingerprint density at radius 2 is 1.93 bits per heavy atom. The third-order valence-electron chi connectivity index (χ3n) is 3.84. The van der Waals surface area contributed by atoms with Crippen LogP contribution in [-0.4, -0.2) is 46.3 Å². The Balaban J connectivity index is 1.87. The Morgan fingerprint density at radius 3 is 2.56 bits per heavy atom. The van der Waals surface area contributed by atoms with Crippen molar-refractivity contribution in [2.75, 3.05) is 14.2 Å². The summed E-state index contributed by atoms with van der Waals surface area (Å²) in [6.07, 6.45) is 1.70. The Bertz CT molecular complexity index is 967. The van der Waals surface area contributed by atoms with E-state index in [-0.39, 0.29) is 17.2 Å². The average Bonchev–Trinajstić information content (AvgIpc) is 2.91. The summed E-state index contributed by atoms with van der Waals surface area (Å²) in [4.78, 5) is 29.7. The second kappa shape index (κ2) is 7.55. The Morgan fingerprint density at radius 1 is 1.22 bits per heavy atom. The summed E-state index contributed by atoms with van der Waals surface area (Å²) in [6.45, 7) is 0. The van der Waals surface area contributed by atoms with Gasteiger partial charge in [0.15, 0.2) is 16.7 Å². The van der Waals surface area contributed by atoms with Crippen LogP contribution in [0.2, 0.25) is 0 Å². The number of carbonyl (C=O) groups is 2. The summed E-state index contributed by atoms with van der Waals surface area (Å²) in [6, 6.07) is 10.9. The summed E-state index contributed by atoms with van der Waals surface area (Å²) in [5.74, 6) is -0.867. The molecule has 0 aromatic heterocycles. The molecule has 0 aliphatic carbocycles. The highest BCUT2D eigenvalue weighted by molar-refractivity contribution is 8.18. The molecule has 7 nitrogen and oxygen atoms in total. The maximum absolute atomic E-state index is 12.5. The number of nitrogens with zero attached hydrogens (tertiary/aromatic N) is 2. The number of phenols is 1. The van der Waals surface area contributed by atoms with Gasteiger partial charge in [-0.05, 0) is 59.8 Å². The number of aromatic carboxylic acids is 1. The number of hydrogen-bond donors (Lipinski definition) is 2. The van der Waals surface area contributed by atoms with Gasteiger partial charge < -0.3 is 14.9 Å². The van der Waals surface area contributed by atoms with Gasteiger partial charge >= 0.3 is 5.97 Å². The number of carboxylic acid groups (broad SMARTS) is 1. The van der Waals surface area contributed by atoms with Crippen LogP contribution >= 0.6 is 11.8 Å². The minimum Gasteiger partial charge on any atom is -0.504 e. The van der Waals surface area contributed by atoms with Crippen LogP contribution in [-0.2, 0) is 4.79 Å². The van der Waals surface area contributed by atoms with Crippen LogP contribution in [0.3, 0.4) is 0 Å². The van der Waals surface area contributed by atoms with Crippen LogP contribution < -0.4 is 4.74 Å². The number of phenolic OH excluding ortho intramolecular Hbond substituents is 1. The number of amides is 1. The fourth-order valence-corrected chi connectivity index (χ4v) is 3.36. The van der Waals surface area contributed by atoms with Gasteiger partial charge in [-0.3, -0.25) is 9.69 Å². The first kappa shape index (κ1) is 18.5. The highest BCUT2D eigenvalue weighted by Crippen LogP contribution is 2.34. The average molecular weight is 384 g/mol. The first-order chi connectivity index (χ1) is 12.9. The van der Waals surface area contributed by atoms with Crippen molar-refractivity contribution in [2.45, 2.75) is 0 Å². The lowest BCUT2D eigenvalue weighted by atomic mass is 10.2. The molecule has 1 amide bonds. The number of rotatable bonds is 4. The van der Waals surface area contributed by atoms with Gasteiger partial charge in [0, 0.05) is 7.05 Å². The number of thioether (sulfide) groups is 1. The van der Waals surface area contributed by atoms with Crippen molar-refractivity contribution in [2.24, 2.45) is 4.99 Å². The SMILES string of the molecule is COc1cc(/C=C2/SC(=Nc3ccc(C(=O)O)cc3)N(C)C2=O)ccc1O. The molecule has 1 saturated heterocycles. The van der Waals surface area contributed by atoms with Crippen LogP contribution in [0, 0.1) is 0 Å². The minimum absolute atomic E-state index is 0.0224. The first-order valence-electron chi connectivity index (χ1n) is 7.85. The lowest BCUT2D eigenvalue weighted by molar-refractivity contribution is -0.121. The van der Waals surface area contributed by atoms with Crippen LogP contribution in [0.25, 0.3) is 6.08 Å². The van der Waals surface area contributed by atoms with Gasteiger partial charge in [-0.15, -0.1) is 0 Å². The predicted octanol–water partition coefficient (Wildman–Crippen LogP) is 3.33. The number of aromatic hydroxyl groups is 1. The van der Waals surface area contributed by atoms with E-state index in [1.54, 1.807) is 37.4 Å². The molecule has 0 saturated carbocycles. The van der Waals surface area contributed by atoms with E-state index < -0.39 is 5.97 Å². The molecule has 3 rings (SSSR count). The van der Waals surface area contributed by atoms with Crippen molar-refractivity contribution >= 4 is 40.6 Å². The van der Waals surface area contributed by atoms with Gasteiger partial charge in [-0.1, -0.05) is 6.07 Å². The van der Waals surface area contributed by atoms with Crippen LogP contribution in [0.5, 0.6) is 11.5 Å². The largest absolute Gasteiger partial charge is 0.504 e. The van der Waals surface area contributed by atoms with Crippen molar-refractivity contribution in [3.05, 3.63) is 58.5 Å². The fourth-order valence-electron chi connectivity index (χ4n) is 2.38. The molecule has 8 heteroatoms. The third-order valence-corrected chi connectivity index (χ3v) is 4.90. The van der Waals surface area contributed by atoms with Crippen molar-refractivity contribution in [1.82, 2.24) is 4.90 Å². The standard InChI is InChI=1S/C19H16N2O5S/c1-21-17(23)16(10-11-3-8-14(22)15(9-11)26-2)27-19(21)20-13-6-4-12(5-7-13)18(24)25/h3-10,22H,1-2H3,(H,24,25)/b16-10+,20-19?. The van der Waals surface area contributed by atoms with Crippen LogP contribution in [0.4, 0.5) is 5.69 Å². The van der Waals surface area contributed by atoms with E-state index in [0.717, 1.165) is 0 Å². The van der Waals surface area contributed by atoms with Crippen molar-refractivity contribution in [3.8, 4) is 11.5 Å². The number of carbonyl (C=O) groups excluding carboxylic acids is 1. The number of likely N-dealkylation sites (N-methyl/N-ethyl adjacent to an activating group) is 1. The Kier molecular flexibility index (Phi) is 5.18. The Hall–Kier alpha value is -3.26. The number of benzene rings is 2. The fraction of sp³-hybridized carbons (Fsp3) is 0.105. The molecule has 27 heavy (non-hydrogen) atoms. The zero-order valence-electron chi connectivity index (χ0n) is 14.5. The summed E-state index contributed by atoms with van der Waals surface area (Å²) in [5, 5.41) is 19.1. The van der Waals surface area contributed by atoms with Gasteiger partial charge in [-0.2, -0.15) is 0 Å². The van der Waals surface area contributed by atoms with E-state index >= 15 is 0 Å². The molecule has 1 aliphatic heterocycles. The molecule has 0 unspecified atom stereocenters. The van der Waals surface area contributed by atoms with E-state index in [1.165, 1.54) is 42.0 Å². The van der Waals surface area contributed by atoms with Crippen molar-refractivity contribution in [3.63, 3.8) is 0 Å². The number of carboxylic acids is 1. The molecular weight excluding hydrogens is 368 g/mol. The van der Waals surface area contributed by atoms with Crippen molar-refractivity contribution < 1.29 is 24.5 Å². The second-order valence-corrected chi connectivity index (χ2v) is 6.66. The quantitative estimate of drug-likeness (QED) is 0.785. The van der Waals surface area contributed by atoms with Gasteiger partial charge in [-0.25, -0.2) is 9.79 Å². The lowest BCUT2D eigenvalue weighted by Gasteiger charge is -2.07. The number of amidine groups is 1. The number of ether oxygens (including phenoxy) is 1. The smallest absolute Gasteiger partial charge is 0.335 e. The minimum atomic E-state index is -1.01. The maximum atomic E-state index is 12.5. The summed E-state index contributed by atoms with van der Waals surface area (Å²) < 4.78 is 5.08. The lowest BCUT2D eigenvalue weighted by Crippen LogP contribution is -2.23. The predicted molar refractivity (Wildman–Crippen MR) is 103 cm³/mol. The molecule has 138 valence electrons. The zero-order chi connectivity index (χ0) is 19.6. The highest BCUT2D eigenvalue weighted by Gasteiger charge is 2.30. The van der Waals surface area contributed by atoms with Crippen molar-refractivity contribution in [1.29, 1.82) is 0 Å². The molecule has 0 spiro atoms. The number of aliphatic imine (C=N–C) groups is 1. The summed E-state index contributed by atoms with van der Waals surface area (Å²) >= 11 is 1.21. The Labute approximate surface area is 159 Å². The van der Waals surface area contributed by atoms with Crippen LogP contribution in [0.15, 0.2) is 52.4 Å². The first-order valence-corrected chi connectivity index (χ1v) is 8.67. The van der Waals surface area contributed by atoms with E-state index in [9.17, 15) is 14.7 Å². The monoisotopic (exact) mass is 384 g/mol. The van der Waals surface area contributed by atoms with Gasteiger partial charge in [0.2, 0.25) is 0 Å². The molecule has 0 radical (unpaired) electrons. The maximum Gasteiger partial charge on any atom is 0.335 e. The van der Waals surface area contributed by atoms with E-state index in [2.05, 4.69) is 4.99 Å². The van der Waals surface area contributed by atoms with E-state index in [0.29, 0.717) is 27.1 Å². The van der Waals surface area contributed by atoms with Gasteiger partial charge in [0.25, 0.3) is 5.91 Å². The molecule has 1 heterocycles. The number of hydrogen-bond acceptors (Lipinski definition) is 6. The third kappa shape index (κ3) is 3.95. The zero-order valence-corrected chi connectivity index (χ0v) is 15.4. The molecule has 0 atom stereocenters.